The second-order valence-corrected chi connectivity index (χ2v) is 5.12. The molecule has 0 aliphatic carbocycles. The van der Waals surface area contributed by atoms with Gasteiger partial charge in [-0.05, 0) is 6.92 Å². The Bertz CT molecular complexity index is 324. The molecule has 14 heavy (non-hydrogen) atoms. The van der Waals surface area contributed by atoms with Gasteiger partial charge in [0.2, 0.25) is 0 Å². The van der Waals surface area contributed by atoms with Gasteiger partial charge in [-0.1, -0.05) is 23.8 Å². The molecule has 78 valence electrons. The van der Waals surface area contributed by atoms with Gasteiger partial charge in [0.1, 0.15) is 10.2 Å². The number of nitrogens with zero attached hydrogens (tertiary/aromatic N) is 2. The van der Waals surface area contributed by atoms with Crippen molar-refractivity contribution in [1.29, 1.82) is 0 Å². The summed E-state index contributed by atoms with van der Waals surface area (Å²) in [4.78, 5) is 4.31. The minimum Gasteiger partial charge on any atom is -0.409 e. The molecule has 0 amide bonds. The lowest BCUT2D eigenvalue weighted by Gasteiger charge is -2.06. The molecule has 1 unspecified atom stereocenters. The first-order valence-corrected chi connectivity index (χ1v) is 6.02. The molecule has 3 N–H and O–H groups in total. The zero-order chi connectivity index (χ0) is 10.6. The van der Waals surface area contributed by atoms with Gasteiger partial charge in [0.05, 0.1) is 0 Å². The molecule has 0 bridgehead atoms. The number of oxime groups is 1. The number of nitrogens with two attached hydrogens (primary N) is 1. The Hall–Kier alpha value is -0.750. The number of hydrogen-bond acceptors (Lipinski definition) is 5. The van der Waals surface area contributed by atoms with Crippen LogP contribution in [0.1, 0.15) is 12.6 Å². The van der Waals surface area contributed by atoms with Gasteiger partial charge in [-0.15, -0.1) is 11.3 Å². The highest BCUT2D eigenvalue weighted by Gasteiger charge is 2.09. The normalized spacial score (nSPS) is 14.3. The van der Waals surface area contributed by atoms with Crippen LogP contribution in [-0.4, -0.2) is 21.8 Å². The Kier molecular flexibility index (Phi) is 4.21. The minimum absolute atomic E-state index is 0.0641. The van der Waals surface area contributed by atoms with Crippen LogP contribution < -0.4 is 5.73 Å². The topological polar surface area (TPSA) is 71.5 Å². The predicted octanol–water partition coefficient (Wildman–Crippen LogP) is 1.93. The molecule has 1 aromatic rings. The summed E-state index contributed by atoms with van der Waals surface area (Å²) in [6.07, 6.45) is 0. The smallest absolute Gasteiger partial charge is 0.150 e. The summed E-state index contributed by atoms with van der Waals surface area (Å²) in [6, 6.07) is 0. The van der Waals surface area contributed by atoms with Gasteiger partial charge < -0.3 is 10.9 Å². The highest BCUT2D eigenvalue weighted by Crippen LogP contribution is 2.24. The average molecular weight is 231 g/mol. The molecule has 6 heteroatoms. The summed E-state index contributed by atoms with van der Waals surface area (Å²) in [5, 5.41) is 13.4. The van der Waals surface area contributed by atoms with Crippen molar-refractivity contribution in [3.05, 3.63) is 11.1 Å². The summed E-state index contributed by atoms with van der Waals surface area (Å²) in [7, 11) is 0. The van der Waals surface area contributed by atoms with Crippen LogP contribution in [0.4, 0.5) is 0 Å². The Morgan fingerprint density at radius 2 is 2.57 bits per heavy atom. The molecule has 0 aromatic carbocycles. The van der Waals surface area contributed by atoms with Gasteiger partial charge in [0, 0.05) is 22.7 Å². The molecule has 4 nitrogen and oxygen atoms in total. The van der Waals surface area contributed by atoms with Crippen LogP contribution in [0.5, 0.6) is 0 Å². The van der Waals surface area contributed by atoms with E-state index < -0.39 is 0 Å². The van der Waals surface area contributed by atoms with Crippen LogP contribution in [0.25, 0.3) is 0 Å². The van der Waals surface area contributed by atoms with Crippen molar-refractivity contribution in [3.8, 4) is 0 Å². The van der Waals surface area contributed by atoms with Crippen LogP contribution >= 0.6 is 23.1 Å². The fourth-order valence-electron chi connectivity index (χ4n) is 0.779. The fourth-order valence-corrected chi connectivity index (χ4v) is 2.69. The first kappa shape index (κ1) is 11.3. The van der Waals surface area contributed by atoms with E-state index in [1.54, 1.807) is 23.1 Å². The third kappa shape index (κ3) is 3.19. The van der Waals surface area contributed by atoms with Crippen molar-refractivity contribution >= 4 is 28.9 Å². The van der Waals surface area contributed by atoms with Gasteiger partial charge in [-0.3, -0.25) is 0 Å². The van der Waals surface area contributed by atoms with Crippen LogP contribution in [0.3, 0.4) is 0 Å². The van der Waals surface area contributed by atoms with Crippen LogP contribution in [0.15, 0.2) is 14.9 Å². The van der Waals surface area contributed by atoms with E-state index in [2.05, 4.69) is 10.1 Å². The molecule has 1 aromatic heterocycles. The van der Waals surface area contributed by atoms with Crippen molar-refractivity contribution in [1.82, 2.24) is 4.98 Å². The zero-order valence-electron chi connectivity index (χ0n) is 8.10. The quantitative estimate of drug-likeness (QED) is 0.273. The molecule has 1 atom stereocenters. The van der Waals surface area contributed by atoms with E-state index in [0.29, 0.717) is 0 Å². The molecule has 0 aliphatic heterocycles. The number of thioether (sulfide) groups is 1. The highest BCUT2D eigenvalue weighted by molar-refractivity contribution is 8.01. The number of aromatic nitrogens is 1. The van der Waals surface area contributed by atoms with Crippen molar-refractivity contribution in [2.45, 2.75) is 18.2 Å². The SMILES string of the molecule is Cc1csc(SCC(C)/C(N)=N/O)n1. The molecule has 0 spiro atoms. The number of thiazole rings is 1. The average Bonchev–Trinajstić information content (AvgIpc) is 2.59. The van der Waals surface area contributed by atoms with E-state index >= 15 is 0 Å². The standard InChI is InChI=1S/C8H13N3OS2/c1-5(7(9)11-12)3-13-8-10-6(2)4-14-8/h4-5,12H,3H2,1-2H3,(H2,9,11). The summed E-state index contributed by atoms with van der Waals surface area (Å²) >= 11 is 3.25. The maximum absolute atomic E-state index is 8.45. The van der Waals surface area contributed by atoms with E-state index in [4.69, 9.17) is 10.9 Å². The third-order valence-corrected chi connectivity index (χ3v) is 4.07. The Labute approximate surface area is 91.2 Å². The van der Waals surface area contributed by atoms with Gasteiger partial charge in [0.25, 0.3) is 0 Å². The molecule has 0 fully saturated rings. The maximum atomic E-state index is 8.45. The maximum Gasteiger partial charge on any atom is 0.150 e. The van der Waals surface area contributed by atoms with Crippen molar-refractivity contribution < 1.29 is 5.21 Å². The molecular formula is C8H13N3OS2. The summed E-state index contributed by atoms with van der Waals surface area (Å²) in [5.74, 6) is 1.11. The van der Waals surface area contributed by atoms with Crippen LogP contribution in [0.2, 0.25) is 0 Å². The largest absolute Gasteiger partial charge is 0.409 e. The van der Waals surface area contributed by atoms with Gasteiger partial charge >= 0.3 is 0 Å². The molecule has 0 saturated carbocycles. The molecular weight excluding hydrogens is 218 g/mol. The number of aryl methyl sites for hydroxylation is 1. The van der Waals surface area contributed by atoms with E-state index in [9.17, 15) is 0 Å². The van der Waals surface area contributed by atoms with Gasteiger partial charge in [0.15, 0.2) is 0 Å². The van der Waals surface area contributed by atoms with Crippen molar-refractivity contribution in [2.75, 3.05) is 5.75 Å². The summed E-state index contributed by atoms with van der Waals surface area (Å²) in [6.45, 7) is 3.88. The van der Waals surface area contributed by atoms with E-state index in [1.807, 2.05) is 19.2 Å². The first-order valence-electron chi connectivity index (χ1n) is 4.16. The predicted molar refractivity (Wildman–Crippen MR) is 60.1 cm³/mol. The van der Waals surface area contributed by atoms with Crippen molar-refractivity contribution in [2.24, 2.45) is 16.8 Å². The van der Waals surface area contributed by atoms with Crippen LogP contribution in [0, 0.1) is 12.8 Å². The molecule has 0 saturated heterocycles. The monoisotopic (exact) mass is 231 g/mol. The first-order chi connectivity index (χ1) is 6.63. The van der Waals surface area contributed by atoms with E-state index in [0.717, 1.165) is 15.8 Å². The van der Waals surface area contributed by atoms with Gasteiger partial charge in [-0.25, -0.2) is 4.98 Å². The number of rotatable bonds is 4. The fraction of sp³-hybridized carbons (Fsp3) is 0.500. The summed E-state index contributed by atoms with van der Waals surface area (Å²) < 4.78 is 1.03. The second-order valence-electron chi connectivity index (χ2n) is 2.99. The van der Waals surface area contributed by atoms with Gasteiger partial charge in [-0.2, -0.15) is 0 Å². The van der Waals surface area contributed by atoms with E-state index in [1.165, 1.54) is 0 Å². The second kappa shape index (κ2) is 5.21. The minimum atomic E-state index is 0.0641. The van der Waals surface area contributed by atoms with Crippen LogP contribution in [-0.2, 0) is 0 Å². The number of hydrogen-bond donors (Lipinski definition) is 2. The molecule has 1 rings (SSSR count). The van der Waals surface area contributed by atoms with Crippen molar-refractivity contribution in [3.63, 3.8) is 0 Å². The lowest BCUT2D eigenvalue weighted by molar-refractivity contribution is 0.315. The Morgan fingerprint density at radius 3 is 3.07 bits per heavy atom. The Morgan fingerprint density at radius 1 is 1.86 bits per heavy atom. The number of amidine groups is 1. The lowest BCUT2D eigenvalue weighted by Crippen LogP contribution is -2.22. The summed E-state index contributed by atoms with van der Waals surface area (Å²) in [5.41, 5.74) is 6.49. The molecule has 0 aliphatic rings. The van der Waals surface area contributed by atoms with E-state index in [-0.39, 0.29) is 11.8 Å². The lowest BCUT2D eigenvalue weighted by atomic mass is 10.2. The zero-order valence-corrected chi connectivity index (χ0v) is 9.73. The highest BCUT2D eigenvalue weighted by atomic mass is 32.2. The molecule has 1 heterocycles. The Balaban J connectivity index is 2.41. The molecule has 0 radical (unpaired) electrons. The third-order valence-electron chi connectivity index (χ3n) is 1.68.